The third-order valence-electron chi connectivity index (χ3n) is 5.12. The number of hydrogen-bond donors (Lipinski definition) is 2. The Kier molecular flexibility index (Phi) is 5.78. The second-order valence-electron chi connectivity index (χ2n) is 7.18. The van der Waals surface area contributed by atoms with E-state index in [4.69, 9.17) is 0 Å². The Morgan fingerprint density at radius 3 is 2.78 bits per heavy atom. The molecule has 0 saturated carbocycles. The fraction of sp³-hybridized carbons (Fsp3) is 0.450. The molecule has 1 saturated heterocycles. The van der Waals surface area contributed by atoms with Crippen molar-refractivity contribution < 1.29 is 4.79 Å². The van der Waals surface area contributed by atoms with Gasteiger partial charge in [-0.2, -0.15) is 0 Å². The number of aromatic nitrogens is 2. The van der Waals surface area contributed by atoms with Crippen molar-refractivity contribution in [2.24, 2.45) is 0 Å². The first-order chi connectivity index (χ1) is 12.9. The summed E-state index contributed by atoms with van der Waals surface area (Å²) in [7, 11) is 0. The smallest absolute Gasteiger partial charge is 0.328 e. The van der Waals surface area contributed by atoms with Crippen LogP contribution >= 0.6 is 0 Å². The highest BCUT2D eigenvalue weighted by atomic mass is 16.2. The largest absolute Gasteiger partial charge is 0.381 e. The highest BCUT2D eigenvalue weighted by Gasteiger charge is 2.23. The van der Waals surface area contributed by atoms with Gasteiger partial charge in [0.05, 0.1) is 0 Å². The molecule has 3 rings (SSSR count). The summed E-state index contributed by atoms with van der Waals surface area (Å²) in [5, 5.41) is 3.53. The average Bonchev–Trinajstić information content (AvgIpc) is 2.64. The number of nitrogens with zero attached hydrogens (tertiary/aromatic N) is 2. The van der Waals surface area contributed by atoms with Gasteiger partial charge in [-0.25, -0.2) is 4.79 Å². The van der Waals surface area contributed by atoms with E-state index >= 15 is 0 Å². The van der Waals surface area contributed by atoms with Gasteiger partial charge in [0, 0.05) is 50.0 Å². The molecule has 1 aliphatic rings. The minimum Gasteiger partial charge on any atom is -0.381 e. The molecule has 1 aromatic heterocycles. The van der Waals surface area contributed by atoms with Gasteiger partial charge >= 0.3 is 5.69 Å². The molecule has 1 aromatic carbocycles. The molecule has 7 nitrogen and oxygen atoms in total. The van der Waals surface area contributed by atoms with Gasteiger partial charge in [-0.15, -0.1) is 0 Å². The zero-order valence-electron chi connectivity index (χ0n) is 15.8. The second kappa shape index (κ2) is 8.24. The number of carbonyl (C=O) groups is 1. The Bertz CT molecular complexity index is 931. The molecule has 1 fully saturated rings. The van der Waals surface area contributed by atoms with Gasteiger partial charge in [-0.1, -0.05) is 6.07 Å². The van der Waals surface area contributed by atoms with Gasteiger partial charge in [0.25, 0.3) is 5.56 Å². The maximum atomic E-state index is 12.6. The van der Waals surface area contributed by atoms with Crippen molar-refractivity contribution in [2.75, 3.05) is 18.4 Å². The topological polar surface area (TPSA) is 87.2 Å². The zero-order chi connectivity index (χ0) is 19.4. The lowest BCUT2D eigenvalue weighted by Crippen LogP contribution is -2.45. The van der Waals surface area contributed by atoms with E-state index in [9.17, 15) is 14.4 Å². The quantitative estimate of drug-likeness (QED) is 0.838. The number of carbonyl (C=O) groups excluding carboxylic acids is 1. The molecule has 0 aliphatic carbocycles. The SMILES string of the molecule is Cc1ccc(N[C@H]2CCCN(C(=O)CCn3ccc(=O)[nH]c3=O)C2)cc1C. The molecule has 2 N–H and O–H groups in total. The van der Waals surface area contributed by atoms with Crippen molar-refractivity contribution in [3.63, 3.8) is 0 Å². The standard InChI is InChI=1S/C20H26N4O3/c1-14-5-6-16(12-15(14)2)21-17-4-3-9-24(13-17)19(26)8-11-23-10-7-18(25)22-20(23)27/h5-7,10,12,17,21H,3-4,8-9,11,13H2,1-2H3,(H,22,25,27)/t17-/m0/s1. The van der Waals surface area contributed by atoms with Crippen LogP contribution in [0.25, 0.3) is 0 Å². The molecular weight excluding hydrogens is 344 g/mol. The molecule has 144 valence electrons. The van der Waals surface area contributed by atoms with Crippen LogP contribution in [0.5, 0.6) is 0 Å². The Morgan fingerprint density at radius 2 is 2.04 bits per heavy atom. The monoisotopic (exact) mass is 370 g/mol. The van der Waals surface area contributed by atoms with Crippen LogP contribution in [-0.4, -0.2) is 39.5 Å². The number of hydrogen-bond acceptors (Lipinski definition) is 4. The number of rotatable bonds is 5. The zero-order valence-corrected chi connectivity index (χ0v) is 15.8. The second-order valence-corrected chi connectivity index (χ2v) is 7.18. The highest BCUT2D eigenvalue weighted by Crippen LogP contribution is 2.19. The number of likely N-dealkylation sites (tertiary alicyclic amines) is 1. The summed E-state index contributed by atoms with van der Waals surface area (Å²) in [6.07, 6.45) is 3.64. The summed E-state index contributed by atoms with van der Waals surface area (Å²) in [5.41, 5.74) is 2.67. The summed E-state index contributed by atoms with van der Waals surface area (Å²) in [4.78, 5) is 39.4. The number of anilines is 1. The Balaban J connectivity index is 1.56. The number of piperidine rings is 1. The number of nitrogens with one attached hydrogen (secondary N) is 2. The molecule has 0 spiro atoms. The minimum atomic E-state index is -0.483. The molecule has 0 radical (unpaired) electrons. The fourth-order valence-corrected chi connectivity index (χ4v) is 3.38. The normalized spacial score (nSPS) is 17.0. The highest BCUT2D eigenvalue weighted by molar-refractivity contribution is 5.76. The molecule has 27 heavy (non-hydrogen) atoms. The summed E-state index contributed by atoms with van der Waals surface area (Å²) in [5.74, 6) is 0.0275. The lowest BCUT2D eigenvalue weighted by atomic mass is 10.0. The molecule has 2 heterocycles. The molecule has 0 bridgehead atoms. The van der Waals surface area contributed by atoms with Gasteiger partial charge in [0.1, 0.15) is 0 Å². The van der Waals surface area contributed by atoms with Gasteiger partial charge in [0.2, 0.25) is 5.91 Å². The van der Waals surface area contributed by atoms with Crippen LogP contribution in [0.15, 0.2) is 40.1 Å². The number of aryl methyl sites for hydroxylation is 3. The number of benzene rings is 1. The van der Waals surface area contributed by atoms with E-state index in [2.05, 4.69) is 42.3 Å². The average molecular weight is 370 g/mol. The molecule has 1 amide bonds. The Labute approximate surface area is 158 Å². The van der Waals surface area contributed by atoms with Crippen molar-refractivity contribution in [3.8, 4) is 0 Å². The van der Waals surface area contributed by atoms with Crippen LogP contribution < -0.4 is 16.6 Å². The van der Waals surface area contributed by atoms with Crippen LogP contribution in [0.1, 0.15) is 30.4 Å². The Hall–Kier alpha value is -2.83. The maximum absolute atomic E-state index is 12.6. The predicted octanol–water partition coefficient (Wildman–Crippen LogP) is 1.65. The van der Waals surface area contributed by atoms with Gasteiger partial charge in [-0.05, 0) is 49.9 Å². The van der Waals surface area contributed by atoms with Crippen molar-refractivity contribution in [1.29, 1.82) is 0 Å². The first kappa shape index (κ1) is 18.9. The summed E-state index contributed by atoms with van der Waals surface area (Å²) >= 11 is 0. The van der Waals surface area contributed by atoms with E-state index < -0.39 is 11.2 Å². The minimum absolute atomic E-state index is 0.0275. The maximum Gasteiger partial charge on any atom is 0.328 e. The number of amides is 1. The first-order valence-corrected chi connectivity index (χ1v) is 9.34. The van der Waals surface area contributed by atoms with Crippen LogP contribution in [0, 0.1) is 13.8 Å². The van der Waals surface area contributed by atoms with E-state index in [1.165, 1.54) is 28.0 Å². The van der Waals surface area contributed by atoms with Crippen molar-refractivity contribution in [3.05, 3.63) is 62.4 Å². The van der Waals surface area contributed by atoms with Crippen LogP contribution in [0.4, 0.5) is 5.69 Å². The summed E-state index contributed by atoms with van der Waals surface area (Å²) < 4.78 is 1.36. The number of H-pyrrole nitrogens is 1. The van der Waals surface area contributed by atoms with Crippen LogP contribution in [0.3, 0.4) is 0 Å². The third kappa shape index (κ3) is 4.87. The molecule has 2 aromatic rings. The third-order valence-corrected chi connectivity index (χ3v) is 5.12. The van der Waals surface area contributed by atoms with Crippen LogP contribution in [0.2, 0.25) is 0 Å². The first-order valence-electron chi connectivity index (χ1n) is 9.34. The predicted molar refractivity (Wildman–Crippen MR) is 105 cm³/mol. The van der Waals surface area contributed by atoms with Gasteiger partial charge in [0.15, 0.2) is 0 Å². The number of aromatic amines is 1. The summed E-state index contributed by atoms with van der Waals surface area (Å²) in [6.45, 7) is 5.85. The Morgan fingerprint density at radius 1 is 1.22 bits per heavy atom. The van der Waals surface area contributed by atoms with E-state index in [1.54, 1.807) is 0 Å². The molecule has 0 unspecified atom stereocenters. The van der Waals surface area contributed by atoms with Gasteiger partial charge in [-0.3, -0.25) is 14.6 Å². The summed E-state index contributed by atoms with van der Waals surface area (Å²) in [6, 6.07) is 7.83. The van der Waals surface area contributed by atoms with E-state index in [0.717, 1.165) is 25.1 Å². The lowest BCUT2D eigenvalue weighted by molar-refractivity contribution is -0.132. The van der Waals surface area contributed by atoms with E-state index in [1.807, 2.05) is 4.90 Å². The van der Waals surface area contributed by atoms with Crippen molar-refractivity contribution in [2.45, 2.75) is 45.7 Å². The van der Waals surface area contributed by atoms with Gasteiger partial charge < -0.3 is 14.8 Å². The van der Waals surface area contributed by atoms with E-state index in [-0.39, 0.29) is 24.9 Å². The molecular formula is C20H26N4O3. The fourth-order valence-electron chi connectivity index (χ4n) is 3.38. The van der Waals surface area contributed by atoms with Crippen LogP contribution in [-0.2, 0) is 11.3 Å². The van der Waals surface area contributed by atoms with Crippen molar-refractivity contribution >= 4 is 11.6 Å². The molecule has 7 heteroatoms. The molecule has 1 aliphatic heterocycles. The lowest BCUT2D eigenvalue weighted by Gasteiger charge is -2.34. The van der Waals surface area contributed by atoms with Crippen molar-refractivity contribution in [1.82, 2.24) is 14.5 Å². The molecule has 1 atom stereocenters. The van der Waals surface area contributed by atoms with E-state index in [0.29, 0.717) is 6.54 Å².